The SMILES string of the molecule is CCCCCCCCC=C(C)CCCCCCCCCC. The molecular formula is C21H42. The Morgan fingerprint density at radius 3 is 1.52 bits per heavy atom. The summed E-state index contributed by atoms with van der Waals surface area (Å²) in [4.78, 5) is 0. The van der Waals surface area contributed by atoms with Crippen LogP contribution in [-0.4, -0.2) is 0 Å². The molecule has 0 unspecified atom stereocenters. The summed E-state index contributed by atoms with van der Waals surface area (Å²) in [6, 6.07) is 0. The van der Waals surface area contributed by atoms with Crippen LogP contribution in [0.5, 0.6) is 0 Å². The van der Waals surface area contributed by atoms with Gasteiger partial charge in [0, 0.05) is 0 Å². The van der Waals surface area contributed by atoms with Gasteiger partial charge in [-0.15, -0.1) is 0 Å². The molecule has 0 saturated carbocycles. The molecule has 0 heteroatoms. The molecule has 126 valence electrons. The minimum atomic E-state index is 1.31. The maximum atomic E-state index is 2.50. The summed E-state index contributed by atoms with van der Waals surface area (Å²) in [5.74, 6) is 0. The predicted octanol–water partition coefficient (Wildman–Crippen LogP) is 8.21. The van der Waals surface area contributed by atoms with Gasteiger partial charge in [-0.2, -0.15) is 0 Å². The Hall–Kier alpha value is -0.260. The largest absolute Gasteiger partial charge is 0.0856 e. The molecule has 0 atom stereocenters. The van der Waals surface area contributed by atoms with E-state index >= 15 is 0 Å². The van der Waals surface area contributed by atoms with E-state index in [1.54, 1.807) is 5.57 Å². The first-order valence-corrected chi connectivity index (χ1v) is 9.96. The number of hydrogen-bond acceptors (Lipinski definition) is 0. The molecule has 0 aromatic carbocycles. The topological polar surface area (TPSA) is 0 Å². The average molecular weight is 295 g/mol. The highest BCUT2D eigenvalue weighted by Gasteiger charge is 1.94. The second kappa shape index (κ2) is 17.8. The van der Waals surface area contributed by atoms with E-state index in [1.807, 2.05) is 0 Å². The fourth-order valence-electron chi connectivity index (χ4n) is 2.91. The molecule has 0 spiro atoms. The van der Waals surface area contributed by atoms with Crippen molar-refractivity contribution in [1.82, 2.24) is 0 Å². The van der Waals surface area contributed by atoms with Crippen LogP contribution in [0, 0.1) is 0 Å². The van der Waals surface area contributed by atoms with E-state index in [1.165, 1.54) is 103 Å². The van der Waals surface area contributed by atoms with Crippen LogP contribution in [0.2, 0.25) is 0 Å². The van der Waals surface area contributed by atoms with Crippen LogP contribution in [0.25, 0.3) is 0 Å². The Morgan fingerprint density at radius 1 is 0.571 bits per heavy atom. The summed E-state index contributed by atoms with van der Waals surface area (Å²) >= 11 is 0. The number of allylic oxidation sites excluding steroid dienone is 2. The molecule has 0 aromatic rings. The van der Waals surface area contributed by atoms with Crippen LogP contribution in [0.15, 0.2) is 11.6 Å². The van der Waals surface area contributed by atoms with E-state index in [0.717, 1.165) is 0 Å². The second-order valence-electron chi connectivity index (χ2n) is 6.83. The zero-order chi connectivity index (χ0) is 15.6. The number of rotatable bonds is 16. The zero-order valence-corrected chi connectivity index (χ0v) is 15.4. The lowest BCUT2D eigenvalue weighted by Gasteiger charge is -2.03. The van der Waals surface area contributed by atoms with Gasteiger partial charge in [0.2, 0.25) is 0 Å². The van der Waals surface area contributed by atoms with Crippen molar-refractivity contribution in [1.29, 1.82) is 0 Å². The number of hydrogen-bond donors (Lipinski definition) is 0. The van der Waals surface area contributed by atoms with E-state index in [2.05, 4.69) is 26.8 Å². The van der Waals surface area contributed by atoms with E-state index in [-0.39, 0.29) is 0 Å². The molecule has 0 aromatic heterocycles. The molecule has 0 rings (SSSR count). The van der Waals surface area contributed by atoms with E-state index in [4.69, 9.17) is 0 Å². The van der Waals surface area contributed by atoms with E-state index < -0.39 is 0 Å². The Kier molecular flexibility index (Phi) is 17.6. The summed E-state index contributed by atoms with van der Waals surface area (Å²) in [6.07, 6.45) is 25.1. The fraction of sp³-hybridized carbons (Fsp3) is 0.905. The first-order valence-electron chi connectivity index (χ1n) is 9.96. The maximum absolute atomic E-state index is 2.50. The van der Waals surface area contributed by atoms with Crippen molar-refractivity contribution in [2.24, 2.45) is 0 Å². The van der Waals surface area contributed by atoms with Gasteiger partial charge in [-0.25, -0.2) is 0 Å². The quantitative estimate of drug-likeness (QED) is 0.199. The van der Waals surface area contributed by atoms with Crippen LogP contribution in [0.3, 0.4) is 0 Å². The Morgan fingerprint density at radius 2 is 1.00 bits per heavy atom. The predicted molar refractivity (Wildman–Crippen MR) is 99.0 cm³/mol. The van der Waals surface area contributed by atoms with Gasteiger partial charge in [-0.1, -0.05) is 103 Å². The van der Waals surface area contributed by atoms with Crippen molar-refractivity contribution in [3.8, 4) is 0 Å². The molecule has 0 amide bonds. The molecule has 21 heavy (non-hydrogen) atoms. The third-order valence-corrected chi connectivity index (χ3v) is 4.48. The summed E-state index contributed by atoms with van der Waals surface area (Å²) in [5.41, 5.74) is 1.63. The van der Waals surface area contributed by atoms with Gasteiger partial charge in [0.1, 0.15) is 0 Å². The average Bonchev–Trinajstić information content (AvgIpc) is 2.49. The van der Waals surface area contributed by atoms with Crippen LogP contribution >= 0.6 is 0 Å². The first kappa shape index (κ1) is 20.7. The molecule has 0 aliphatic heterocycles. The highest BCUT2D eigenvalue weighted by Crippen LogP contribution is 2.14. The Bertz CT molecular complexity index is 214. The fourth-order valence-corrected chi connectivity index (χ4v) is 2.91. The maximum Gasteiger partial charge on any atom is -0.0323 e. The van der Waals surface area contributed by atoms with Gasteiger partial charge < -0.3 is 0 Å². The van der Waals surface area contributed by atoms with Gasteiger partial charge >= 0.3 is 0 Å². The molecule has 0 fully saturated rings. The third kappa shape index (κ3) is 17.7. The van der Waals surface area contributed by atoms with Gasteiger partial charge in [-0.05, 0) is 32.6 Å². The molecule has 0 N–H and O–H groups in total. The molecule has 0 aliphatic carbocycles. The minimum Gasteiger partial charge on any atom is -0.0856 e. The summed E-state index contributed by atoms with van der Waals surface area (Å²) < 4.78 is 0. The first-order chi connectivity index (χ1) is 10.3. The molecule has 0 aliphatic rings. The molecule has 0 radical (unpaired) electrons. The molecule has 0 bridgehead atoms. The van der Waals surface area contributed by atoms with Crippen molar-refractivity contribution in [2.45, 2.75) is 124 Å². The van der Waals surface area contributed by atoms with Gasteiger partial charge in [0.15, 0.2) is 0 Å². The van der Waals surface area contributed by atoms with Crippen molar-refractivity contribution in [3.63, 3.8) is 0 Å². The smallest absolute Gasteiger partial charge is 0.0323 e. The van der Waals surface area contributed by atoms with Crippen LogP contribution in [-0.2, 0) is 0 Å². The molecule has 0 nitrogen and oxygen atoms in total. The zero-order valence-electron chi connectivity index (χ0n) is 15.4. The molecule has 0 saturated heterocycles. The molecule has 0 heterocycles. The number of unbranched alkanes of at least 4 members (excludes halogenated alkanes) is 13. The Balaban J connectivity index is 3.24. The normalized spacial score (nSPS) is 12.0. The lowest BCUT2D eigenvalue weighted by molar-refractivity contribution is 0.574. The van der Waals surface area contributed by atoms with Crippen LogP contribution < -0.4 is 0 Å². The van der Waals surface area contributed by atoms with Crippen LogP contribution in [0.1, 0.15) is 124 Å². The summed E-state index contributed by atoms with van der Waals surface area (Å²) in [5, 5.41) is 0. The molecular weight excluding hydrogens is 252 g/mol. The van der Waals surface area contributed by atoms with Gasteiger partial charge in [0.05, 0.1) is 0 Å². The van der Waals surface area contributed by atoms with Crippen molar-refractivity contribution < 1.29 is 0 Å². The van der Waals surface area contributed by atoms with Gasteiger partial charge in [-0.3, -0.25) is 0 Å². The van der Waals surface area contributed by atoms with Crippen LogP contribution in [0.4, 0.5) is 0 Å². The summed E-state index contributed by atoms with van der Waals surface area (Å²) in [7, 11) is 0. The van der Waals surface area contributed by atoms with Crippen molar-refractivity contribution in [3.05, 3.63) is 11.6 Å². The third-order valence-electron chi connectivity index (χ3n) is 4.48. The van der Waals surface area contributed by atoms with Gasteiger partial charge in [0.25, 0.3) is 0 Å². The van der Waals surface area contributed by atoms with E-state index in [9.17, 15) is 0 Å². The van der Waals surface area contributed by atoms with Crippen molar-refractivity contribution in [2.75, 3.05) is 0 Å². The lowest BCUT2D eigenvalue weighted by Crippen LogP contribution is -1.83. The lowest BCUT2D eigenvalue weighted by atomic mass is 10.0. The van der Waals surface area contributed by atoms with E-state index in [0.29, 0.717) is 0 Å². The highest BCUT2D eigenvalue weighted by atomic mass is 14.0. The minimum absolute atomic E-state index is 1.31. The Labute approximate surface area is 135 Å². The highest BCUT2D eigenvalue weighted by molar-refractivity contribution is 4.97. The summed E-state index contributed by atoms with van der Waals surface area (Å²) in [6.45, 7) is 6.91. The monoisotopic (exact) mass is 294 g/mol. The van der Waals surface area contributed by atoms with Crippen molar-refractivity contribution >= 4 is 0 Å². The second-order valence-corrected chi connectivity index (χ2v) is 6.83. The standard InChI is InChI=1S/C21H42/c1-4-6-8-10-12-14-16-18-20-21(3)19-17-15-13-11-9-7-5-2/h19H,4-18,20H2,1-3H3.